The summed E-state index contributed by atoms with van der Waals surface area (Å²) in [6.45, 7) is 5.75. The second kappa shape index (κ2) is 5.18. The van der Waals surface area contributed by atoms with E-state index in [0.717, 1.165) is 16.7 Å². The Kier molecular flexibility index (Phi) is 3.60. The van der Waals surface area contributed by atoms with Gasteiger partial charge in [0.2, 0.25) is 0 Å². The van der Waals surface area contributed by atoms with Crippen LogP contribution in [0.4, 0.5) is 0 Å². The zero-order valence-corrected chi connectivity index (χ0v) is 11.3. The number of nitrogens with zero attached hydrogens (tertiary/aromatic N) is 2. The molecule has 4 heteroatoms. The van der Waals surface area contributed by atoms with E-state index < -0.39 is 5.69 Å². The van der Waals surface area contributed by atoms with Crippen LogP contribution >= 0.6 is 0 Å². The van der Waals surface area contributed by atoms with Crippen molar-refractivity contribution < 1.29 is 4.79 Å². The molecule has 2 rings (SSSR count). The number of carbonyl (C=O) groups excluding carboxylic acids is 1. The Morgan fingerprint density at radius 2 is 1.95 bits per heavy atom. The number of aryl methyl sites for hydroxylation is 3. The Hall–Kier alpha value is -2.23. The number of benzene rings is 1. The Morgan fingerprint density at radius 3 is 2.63 bits per heavy atom. The third kappa shape index (κ3) is 2.96. The fourth-order valence-corrected chi connectivity index (χ4v) is 2.05. The number of hydrogen-bond acceptors (Lipinski definition) is 3. The molecule has 0 saturated carbocycles. The molecule has 0 aliphatic carbocycles. The van der Waals surface area contributed by atoms with E-state index in [1.807, 2.05) is 32.9 Å². The molecule has 0 radical (unpaired) electrons. The van der Waals surface area contributed by atoms with E-state index in [0.29, 0.717) is 5.56 Å². The second-order valence-electron chi connectivity index (χ2n) is 4.78. The number of ketones is 1. The van der Waals surface area contributed by atoms with Crippen LogP contribution in [0, 0.1) is 20.8 Å². The van der Waals surface area contributed by atoms with Crippen molar-refractivity contribution in [1.82, 2.24) is 9.55 Å². The first-order valence-electron chi connectivity index (χ1n) is 6.11. The van der Waals surface area contributed by atoms with Crippen molar-refractivity contribution in [1.29, 1.82) is 0 Å². The minimum absolute atomic E-state index is 0.0252. The number of Topliss-reactive ketones (excluding diaryl/α,β-unsaturated/α-hetero) is 1. The standard InChI is InChI=1S/C15H16N2O2/c1-10-4-5-13(12(3)6-10)14(18)9-17-8-11(2)7-16-15(17)19/h4-8H,9H2,1-3H3. The average Bonchev–Trinajstić information content (AvgIpc) is 2.33. The quantitative estimate of drug-likeness (QED) is 0.790. The summed E-state index contributed by atoms with van der Waals surface area (Å²) >= 11 is 0. The van der Waals surface area contributed by atoms with Crippen LogP contribution in [-0.2, 0) is 6.54 Å². The van der Waals surface area contributed by atoms with Gasteiger partial charge in [-0.1, -0.05) is 23.8 Å². The number of rotatable bonds is 3. The van der Waals surface area contributed by atoms with Crippen LogP contribution in [0.25, 0.3) is 0 Å². The van der Waals surface area contributed by atoms with Gasteiger partial charge in [0.05, 0.1) is 6.54 Å². The summed E-state index contributed by atoms with van der Waals surface area (Å²) in [6.07, 6.45) is 3.15. The van der Waals surface area contributed by atoms with E-state index in [9.17, 15) is 9.59 Å². The van der Waals surface area contributed by atoms with Crippen LogP contribution in [0.15, 0.2) is 35.4 Å². The van der Waals surface area contributed by atoms with Crippen LogP contribution in [0.1, 0.15) is 27.0 Å². The molecule has 0 amide bonds. The first kappa shape index (κ1) is 13.2. The van der Waals surface area contributed by atoms with Gasteiger partial charge in [-0.15, -0.1) is 0 Å². The molecule has 98 valence electrons. The molecular weight excluding hydrogens is 240 g/mol. The van der Waals surface area contributed by atoms with E-state index in [-0.39, 0.29) is 12.3 Å². The molecule has 0 bridgehead atoms. The average molecular weight is 256 g/mol. The Bertz CT molecular complexity index is 687. The highest BCUT2D eigenvalue weighted by Crippen LogP contribution is 2.11. The van der Waals surface area contributed by atoms with E-state index in [4.69, 9.17) is 0 Å². The first-order valence-corrected chi connectivity index (χ1v) is 6.11. The molecule has 2 aromatic rings. The zero-order chi connectivity index (χ0) is 14.0. The molecule has 0 fully saturated rings. The fourth-order valence-electron chi connectivity index (χ4n) is 2.05. The molecule has 0 spiro atoms. The molecule has 0 aliphatic rings. The van der Waals surface area contributed by atoms with E-state index in [2.05, 4.69) is 4.98 Å². The maximum atomic E-state index is 12.2. The minimum atomic E-state index is -0.399. The minimum Gasteiger partial charge on any atom is -0.292 e. The van der Waals surface area contributed by atoms with E-state index in [1.54, 1.807) is 12.3 Å². The number of hydrogen-bond donors (Lipinski definition) is 0. The summed E-state index contributed by atoms with van der Waals surface area (Å²) in [7, 11) is 0. The summed E-state index contributed by atoms with van der Waals surface area (Å²) in [5, 5.41) is 0. The fraction of sp³-hybridized carbons (Fsp3) is 0.267. The maximum Gasteiger partial charge on any atom is 0.347 e. The molecule has 0 unspecified atom stereocenters. The summed E-state index contributed by atoms with van der Waals surface area (Å²) in [5.74, 6) is -0.0769. The van der Waals surface area contributed by atoms with E-state index in [1.165, 1.54) is 10.8 Å². The van der Waals surface area contributed by atoms with Crippen molar-refractivity contribution in [2.24, 2.45) is 0 Å². The number of carbonyl (C=O) groups is 1. The lowest BCUT2D eigenvalue weighted by atomic mass is 10.0. The smallest absolute Gasteiger partial charge is 0.292 e. The third-order valence-corrected chi connectivity index (χ3v) is 2.98. The zero-order valence-electron chi connectivity index (χ0n) is 11.3. The lowest BCUT2D eigenvalue weighted by Gasteiger charge is -2.08. The van der Waals surface area contributed by atoms with Crippen molar-refractivity contribution in [3.8, 4) is 0 Å². The summed E-state index contributed by atoms with van der Waals surface area (Å²) in [4.78, 5) is 27.5. The normalized spacial score (nSPS) is 10.5. The summed E-state index contributed by atoms with van der Waals surface area (Å²) < 4.78 is 1.34. The molecule has 1 heterocycles. The predicted molar refractivity (Wildman–Crippen MR) is 73.5 cm³/mol. The van der Waals surface area contributed by atoms with Crippen LogP contribution < -0.4 is 5.69 Å². The SMILES string of the molecule is Cc1ccc(C(=O)Cn2cc(C)cnc2=O)c(C)c1. The van der Waals surface area contributed by atoms with Crippen LogP contribution in [-0.4, -0.2) is 15.3 Å². The van der Waals surface area contributed by atoms with Crippen molar-refractivity contribution in [3.05, 3.63) is 63.3 Å². The first-order chi connectivity index (χ1) is 8.97. The molecule has 0 saturated heterocycles. The van der Waals surface area contributed by atoms with Crippen LogP contribution in [0.2, 0.25) is 0 Å². The van der Waals surface area contributed by atoms with Crippen molar-refractivity contribution in [3.63, 3.8) is 0 Å². The highest BCUT2D eigenvalue weighted by Gasteiger charge is 2.11. The van der Waals surface area contributed by atoms with Crippen LogP contribution in [0.3, 0.4) is 0 Å². The number of aromatic nitrogens is 2. The summed E-state index contributed by atoms with van der Waals surface area (Å²) in [5.41, 5.74) is 3.15. The Morgan fingerprint density at radius 1 is 1.21 bits per heavy atom. The molecule has 0 N–H and O–H groups in total. The monoisotopic (exact) mass is 256 g/mol. The van der Waals surface area contributed by atoms with Gasteiger partial charge in [0, 0.05) is 18.0 Å². The van der Waals surface area contributed by atoms with Gasteiger partial charge in [0.15, 0.2) is 5.78 Å². The molecular formula is C15H16N2O2. The molecule has 19 heavy (non-hydrogen) atoms. The molecule has 0 atom stereocenters. The van der Waals surface area contributed by atoms with Gasteiger partial charge < -0.3 is 0 Å². The van der Waals surface area contributed by atoms with Gasteiger partial charge in [-0.3, -0.25) is 9.36 Å². The van der Waals surface area contributed by atoms with Gasteiger partial charge in [-0.25, -0.2) is 9.78 Å². The topological polar surface area (TPSA) is 52.0 Å². The molecule has 1 aromatic carbocycles. The van der Waals surface area contributed by atoms with Crippen LogP contribution in [0.5, 0.6) is 0 Å². The maximum absolute atomic E-state index is 12.2. The Labute approximate surface area is 111 Å². The highest BCUT2D eigenvalue weighted by atomic mass is 16.2. The predicted octanol–water partition coefficient (Wildman–Crippen LogP) is 2.05. The molecule has 0 aliphatic heterocycles. The highest BCUT2D eigenvalue weighted by molar-refractivity contribution is 5.97. The van der Waals surface area contributed by atoms with Gasteiger partial charge in [0.25, 0.3) is 0 Å². The van der Waals surface area contributed by atoms with Gasteiger partial charge in [-0.05, 0) is 31.9 Å². The second-order valence-corrected chi connectivity index (χ2v) is 4.78. The van der Waals surface area contributed by atoms with Crippen molar-refractivity contribution in [2.75, 3.05) is 0 Å². The third-order valence-electron chi connectivity index (χ3n) is 2.98. The lowest BCUT2D eigenvalue weighted by Crippen LogP contribution is -2.26. The van der Waals surface area contributed by atoms with Gasteiger partial charge in [-0.2, -0.15) is 0 Å². The lowest BCUT2D eigenvalue weighted by molar-refractivity contribution is 0.0969. The van der Waals surface area contributed by atoms with Gasteiger partial charge >= 0.3 is 5.69 Å². The van der Waals surface area contributed by atoms with Gasteiger partial charge in [0.1, 0.15) is 0 Å². The summed E-state index contributed by atoms with van der Waals surface area (Å²) in [6, 6.07) is 5.67. The molecule has 1 aromatic heterocycles. The Balaban J connectivity index is 2.31. The van der Waals surface area contributed by atoms with Crippen molar-refractivity contribution in [2.45, 2.75) is 27.3 Å². The van der Waals surface area contributed by atoms with Crippen molar-refractivity contribution >= 4 is 5.78 Å². The van der Waals surface area contributed by atoms with E-state index >= 15 is 0 Å². The largest absolute Gasteiger partial charge is 0.347 e. The molecule has 4 nitrogen and oxygen atoms in total.